The summed E-state index contributed by atoms with van der Waals surface area (Å²) < 4.78 is 0.922. The Morgan fingerprint density at radius 1 is 1.00 bits per heavy atom. The van der Waals surface area contributed by atoms with Crippen molar-refractivity contribution in [2.45, 2.75) is 0 Å². The molecule has 0 radical (unpaired) electrons. The predicted octanol–water partition coefficient (Wildman–Crippen LogP) is 4.99. The fourth-order valence-electron chi connectivity index (χ4n) is 1.44. The van der Waals surface area contributed by atoms with Gasteiger partial charge in [0.1, 0.15) is 0 Å². The monoisotopic (exact) mass is 328 g/mol. The van der Waals surface area contributed by atoms with E-state index in [1.165, 1.54) is 0 Å². The molecular formula is C13H7BrCl2O. The molecule has 0 atom stereocenters. The Hall–Kier alpha value is -0.830. The second-order valence-corrected chi connectivity index (χ2v) is 5.14. The van der Waals surface area contributed by atoms with Crippen LogP contribution in [0.15, 0.2) is 46.9 Å². The van der Waals surface area contributed by atoms with Crippen LogP contribution in [-0.2, 0) is 0 Å². The molecule has 1 nitrogen and oxygen atoms in total. The van der Waals surface area contributed by atoms with Gasteiger partial charge in [-0.05, 0) is 36.4 Å². The molecule has 0 aliphatic carbocycles. The van der Waals surface area contributed by atoms with Crippen molar-refractivity contribution in [2.24, 2.45) is 0 Å². The van der Waals surface area contributed by atoms with Crippen LogP contribution in [0, 0.1) is 0 Å². The van der Waals surface area contributed by atoms with E-state index < -0.39 is 0 Å². The first-order valence-corrected chi connectivity index (χ1v) is 6.39. The SMILES string of the molecule is O=C(c1ccc(Br)cc1)c1cccc(Cl)c1Cl. The lowest BCUT2D eigenvalue weighted by atomic mass is 10.0. The second-order valence-electron chi connectivity index (χ2n) is 3.44. The number of ketones is 1. The van der Waals surface area contributed by atoms with Gasteiger partial charge >= 0.3 is 0 Å². The van der Waals surface area contributed by atoms with Gasteiger partial charge in [-0.2, -0.15) is 0 Å². The van der Waals surface area contributed by atoms with E-state index in [9.17, 15) is 4.79 Å². The smallest absolute Gasteiger partial charge is 0.194 e. The number of hydrogen-bond donors (Lipinski definition) is 0. The average molecular weight is 330 g/mol. The van der Waals surface area contributed by atoms with Crippen molar-refractivity contribution in [1.29, 1.82) is 0 Å². The summed E-state index contributed by atoms with van der Waals surface area (Å²) >= 11 is 15.2. The van der Waals surface area contributed by atoms with E-state index in [-0.39, 0.29) is 5.78 Å². The van der Waals surface area contributed by atoms with Crippen LogP contribution in [0.1, 0.15) is 15.9 Å². The van der Waals surface area contributed by atoms with Crippen LogP contribution < -0.4 is 0 Å². The third-order valence-corrected chi connectivity index (χ3v) is 3.65. The molecule has 4 heteroatoms. The quantitative estimate of drug-likeness (QED) is 0.709. The van der Waals surface area contributed by atoms with E-state index in [4.69, 9.17) is 23.2 Å². The summed E-state index contributed by atoms with van der Waals surface area (Å²) in [5, 5.41) is 0.678. The molecule has 2 aromatic carbocycles. The molecule has 0 fully saturated rings. The number of rotatable bonds is 2. The van der Waals surface area contributed by atoms with Gasteiger partial charge in [0.05, 0.1) is 10.0 Å². The fourth-order valence-corrected chi connectivity index (χ4v) is 2.09. The van der Waals surface area contributed by atoms with Crippen LogP contribution in [0.3, 0.4) is 0 Å². The Balaban J connectivity index is 2.44. The first kappa shape index (κ1) is 12.6. The van der Waals surface area contributed by atoms with Gasteiger partial charge in [0.25, 0.3) is 0 Å². The largest absolute Gasteiger partial charge is 0.289 e. The highest BCUT2D eigenvalue weighted by molar-refractivity contribution is 9.10. The number of carbonyl (C=O) groups excluding carboxylic acids is 1. The predicted molar refractivity (Wildman–Crippen MR) is 74.0 cm³/mol. The summed E-state index contributed by atoms with van der Waals surface area (Å²) in [5.41, 5.74) is 0.999. The summed E-state index contributed by atoms with van der Waals surface area (Å²) in [6, 6.07) is 12.1. The molecule has 0 unspecified atom stereocenters. The maximum atomic E-state index is 12.2. The molecule has 0 aliphatic heterocycles. The first-order chi connectivity index (χ1) is 8.09. The molecule has 0 saturated heterocycles. The molecule has 0 saturated carbocycles. The van der Waals surface area contributed by atoms with Gasteiger partial charge in [-0.15, -0.1) is 0 Å². The average Bonchev–Trinajstić information content (AvgIpc) is 2.33. The van der Waals surface area contributed by atoms with Crippen LogP contribution in [0.2, 0.25) is 10.0 Å². The number of benzene rings is 2. The lowest BCUT2D eigenvalue weighted by Gasteiger charge is -2.05. The number of carbonyl (C=O) groups is 1. The van der Waals surface area contributed by atoms with Crippen molar-refractivity contribution >= 4 is 44.9 Å². The van der Waals surface area contributed by atoms with E-state index in [2.05, 4.69) is 15.9 Å². The lowest BCUT2D eigenvalue weighted by molar-refractivity contribution is 0.103. The normalized spacial score (nSPS) is 10.3. The van der Waals surface area contributed by atoms with Gasteiger partial charge in [-0.25, -0.2) is 0 Å². The number of halogens is 3. The fraction of sp³-hybridized carbons (Fsp3) is 0. The molecular weight excluding hydrogens is 323 g/mol. The van der Waals surface area contributed by atoms with E-state index in [1.807, 2.05) is 12.1 Å². The van der Waals surface area contributed by atoms with Crippen LogP contribution in [-0.4, -0.2) is 5.78 Å². The zero-order valence-corrected chi connectivity index (χ0v) is 11.7. The van der Waals surface area contributed by atoms with Gasteiger partial charge in [-0.3, -0.25) is 4.79 Å². The van der Waals surface area contributed by atoms with Crippen LogP contribution in [0.5, 0.6) is 0 Å². The Morgan fingerprint density at radius 3 is 2.29 bits per heavy atom. The summed E-state index contributed by atoms with van der Waals surface area (Å²) in [5.74, 6) is -0.134. The Morgan fingerprint density at radius 2 is 1.65 bits per heavy atom. The highest BCUT2D eigenvalue weighted by Crippen LogP contribution is 2.27. The molecule has 0 aromatic heterocycles. The minimum Gasteiger partial charge on any atom is -0.289 e. The van der Waals surface area contributed by atoms with Crippen molar-refractivity contribution in [3.05, 3.63) is 68.1 Å². The standard InChI is InChI=1S/C13H7BrCl2O/c14-9-6-4-8(5-7-9)13(17)10-2-1-3-11(15)12(10)16/h1-7H. The van der Waals surface area contributed by atoms with Crippen molar-refractivity contribution < 1.29 is 4.79 Å². The van der Waals surface area contributed by atoms with Crippen molar-refractivity contribution in [3.8, 4) is 0 Å². The zero-order chi connectivity index (χ0) is 12.4. The Bertz CT molecular complexity index is 564. The van der Waals surface area contributed by atoms with E-state index in [0.29, 0.717) is 21.2 Å². The lowest BCUT2D eigenvalue weighted by Crippen LogP contribution is -2.02. The van der Waals surface area contributed by atoms with Crippen molar-refractivity contribution in [1.82, 2.24) is 0 Å². The summed E-state index contributed by atoms with van der Waals surface area (Å²) in [7, 11) is 0. The topological polar surface area (TPSA) is 17.1 Å². The molecule has 86 valence electrons. The van der Waals surface area contributed by atoms with Crippen LogP contribution in [0.25, 0.3) is 0 Å². The Kier molecular flexibility index (Phi) is 3.87. The summed E-state index contributed by atoms with van der Waals surface area (Å²) in [4.78, 5) is 12.2. The van der Waals surface area contributed by atoms with Crippen molar-refractivity contribution in [3.63, 3.8) is 0 Å². The van der Waals surface area contributed by atoms with Crippen molar-refractivity contribution in [2.75, 3.05) is 0 Å². The molecule has 2 aromatic rings. The van der Waals surface area contributed by atoms with Gasteiger partial charge in [0, 0.05) is 15.6 Å². The van der Waals surface area contributed by atoms with E-state index in [0.717, 1.165) is 4.47 Å². The molecule has 0 spiro atoms. The van der Waals surface area contributed by atoms with Gasteiger partial charge in [0.15, 0.2) is 5.78 Å². The molecule has 0 bridgehead atoms. The maximum absolute atomic E-state index is 12.2. The zero-order valence-electron chi connectivity index (χ0n) is 8.58. The molecule has 0 heterocycles. The summed E-state index contributed by atoms with van der Waals surface area (Å²) in [6.07, 6.45) is 0. The third kappa shape index (κ3) is 2.71. The third-order valence-electron chi connectivity index (χ3n) is 2.30. The van der Waals surface area contributed by atoms with Gasteiger partial charge in [0.2, 0.25) is 0 Å². The van der Waals surface area contributed by atoms with Gasteiger partial charge < -0.3 is 0 Å². The molecule has 0 amide bonds. The molecule has 0 aliphatic rings. The second kappa shape index (κ2) is 5.21. The highest BCUT2D eigenvalue weighted by atomic mass is 79.9. The van der Waals surface area contributed by atoms with E-state index >= 15 is 0 Å². The Labute approximate surface area is 117 Å². The minimum atomic E-state index is -0.134. The van der Waals surface area contributed by atoms with Crippen LogP contribution in [0.4, 0.5) is 0 Å². The van der Waals surface area contributed by atoms with Crippen LogP contribution >= 0.6 is 39.1 Å². The molecule has 0 N–H and O–H groups in total. The molecule has 17 heavy (non-hydrogen) atoms. The molecule has 2 rings (SSSR count). The number of hydrogen-bond acceptors (Lipinski definition) is 1. The van der Waals surface area contributed by atoms with Gasteiger partial charge in [-0.1, -0.05) is 45.2 Å². The minimum absolute atomic E-state index is 0.134. The first-order valence-electron chi connectivity index (χ1n) is 4.84. The van der Waals surface area contributed by atoms with E-state index in [1.54, 1.807) is 30.3 Å². The maximum Gasteiger partial charge on any atom is 0.194 e. The summed E-state index contributed by atoms with van der Waals surface area (Å²) in [6.45, 7) is 0. The highest BCUT2D eigenvalue weighted by Gasteiger charge is 2.14.